The van der Waals surface area contributed by atoms with Crippen molar-refractivity contribution in [1.29, 1.82) is 0 Å². The smallest absolute Gasteiger partial charge is 0.321 e. The van der Waals surface area contributed by atoms with Gasteiger partial charge >= 0.3 is 11.9 Å². The predicted octanol–water partition coefficient (Wildman–Crippen LogP) is 2.37. The van der Waals surface area contributed by atoms with E-state index in [0.717, 1.165) is 16.9 Å². The Morgan fingerprint density at radius 1 is 1.32 bits per heavy atom. The Kier molecular flexibility index (Phi) is 3.24. The van der Waals surface area contributed by atoms with Gasteiger partial charge in [-0.1, -0.05) is 17.7 Å². The van der Waals surface area contributed by atoms with Gasteiger partial charge in [-0.3, -0.25) is 9.59 Å². The Bertz CT molecular complexity index is 660. The number of fused-ring (bicyclic) bond motifs is 1. The molecule has 3 rings (SSSR count). The van der Waals surface area contributed by atoms with Crippen LogP contribution in [0, 0.1) is 11.8 Å². The summed E-state index contributed by atoms with van der Waals surface area (Å²) in [6.45, 7) is 3.73. The van der Waals surface area contributed by atoms with Crippen LogP contribution in [0.25, 0.3) is 0 Å². The average molecular weight is 302 g/mol. The molecule has 1 heterocycles. The van der Waals surface area contributed by atoms with Crippen molar-refractivity contribution >= 4 is 11.9 Å². The maximum absolute atomic E-state index is 12.0. The molecule has 0 unspecified atom stereocenters. The third kappa shape index (κ3) is 2.00. The van der Waals surface area contributed by atoms with Crippen LogP contribution in [0.1, 0.15) is 25.3 Å². The second kappa shape index (κ2) is 4.87. The monoisotopic (exact) mass is 302 g/mol. The Labute approximate surface area is 128 Å². The number of aliphatic carboxylic acids is 1. The fraction of sp³-hybridized carbons (Fsp3) is 0.412. The predicted molar refractivity (Wildman–Crippen MR) is 78.6 cm³/mol. The molecule has 0 saturated carbocycles. The highest BCUT2D eigenvalue weighted by molar-refractivity contribution is 5.97. The first-order chi connectivity index (χ1) is 10.4. The lowest BCUT2D eigenvalue weighted by Gasteiger charge is -2.27. The molecule has 0 amide bonds. The number of ether oxygens (including phenoxy) is 2. The molecule has 1 aliphatic carbocycles. The molecule has 0 spiro atoms. The summed E-state index contributed by atoms with van der Waals surface area (Å²) in [6.07, 6.45) is 1.88. The average Bonchev–Trinajstić information content (AvgIpc) is 2.84. The van der Waals surface area contributed by atoms with Crippen LogP contribution in [-0.4, -0.2) is 29.8 Å². The minimum Gasteiger partial charge on any atom is -0.497 e. The van der Waals surface area contributed by atoms with Crippen LogP contribution in [0.5, 0.6) is 5.75 Å². The zero-order valence-corrected chi connectivity index (χ0v) is 12.7. The summed E-state index contributed by atoms with van der Waals surface area (Å²) >= 11 is 0. The van der Waals surface area contributed by atoms with Gasteiger partial charge in [-0.2, -0.15) is 0 Å². The maximum atomic E-state index is 12.0. The summed E-state index contributed by atoms with van der Waals surface area (Å²) in [5, 5.41) is 9.43. The van der Waals surface area contributed by atoms with E-state index in [0.29, 0.717) is 0 Å². The maximum Gasteiger partial charge on any atom is 0.321 e. The van der Waals surface area contributed by atoms with Gasteiger partial charge in [-0.15, -0.1) is 0 Å². The quantitative estimate of drug-likeness (QED) is 0.527. The number of carboxylic acids is 1. The van der Waals surface area contributed by atoms with Crippen molar-refractivity contribution < 1.29 is 24.2 Å². The van der Waals surface area contributed by atoms with E-state index in [-0.39, 0.29) is 5.92 Å². The summed E-state index contributed by atoms with van der Waals surface area (Å²) in [6, 6.07) is 7.50. The topological polar surface area (TPSA) is 72.8 Å². The number of carbonyl (C=O) groups excluding carboxylic acids is 1. The van der Waals surface area contributed by atoms with Crippen LogP contribution in [0.15, 0.2) is 35.9 Å². The van der Waals surface area contributed by atoms with Crippen LogP contribution in [-0.2, 0) is 14.3 Å². The Morgan fingerprint density at radius 3 is 2.50 bits per heavy atom. The number of carbonyl (C=O) groups is 2. The van der Waals surface area contributed by atoms with Gasteiger partial charge in [0, 0.05) is 11.8 Å². The molecule has 4 atom stereocenters. The number of allylic oxidation sites excluding steroid dienone is 1. The minimum atomic E-state index is -1.13. The van der Waals surface area contributed by atoms with Crippen molar-refractivity contribution in [3.05, 3.63) is 41.5 Å². The highest BCUT2D eigenvalue weighted by atomic mass is 16.6. The van der Waals surface area contributed by atoms with E-state index in [2.05, 4.69) is 0 Å². The summed E-state index contributed by atoms with van der Waals surface area (Å²) in [4.78, 5) is 23.5. The molecule has 22 heavy (non-hydrogen) atoms. The van der Waals surface area contributed by atoms with E-state index in [1.807, 2.05) is 37.3 Å². The van der Waals surface area contributed by atoms with Gasteiger partial charge in [0.15, 0.2) is 5.92 Å². The largest absolute Gasteiger partial charge is 0.497 e. The molecule has 5 nitrogen and oxygen atoms in total. The normalized spacial score (nSPS) is 33.1. The first-order valence-electron chi connectivity index (χ1n) is 7.16. The van der Waals surface area contributed by atoms with E-state index in [1.54, 1.807) is 14.0 Å². The second-order valence-electron chi connectivity index (χ2n) is 6.09. The van der Waals surface area contributed by atoms with Crippen molar-refractivity contribution in [3.63, 3.8) is 0 Å². The Morgan fingerprint density at radius 2 is 1.95 bits per heavy atom. The number of hydrogen-bond acceptors (Lipinski definition) is 4. The van der Waals surface area contributed by atoms with E-state index in [1.165, 1.54) is 0 Å². The van der Waals surface area contributed by atoms with Crippen LogP contribution in [0.3, 0.4) is 0 Å². The van der Waals surface area contributed by atoms with Gasteiger partial charge in [-0.25, -0.2) is 0 Å². The molecule has 0 bridgehead atoms. The van der Waals surface area contributed by atoms with Crippen molar-refractivity contribution in [2.75, 3.05) is 7.11 Å². The van der Waals surface area contributed by atoms with Gasteiger partial charge in [-0.05, 0) is 37.6 Å². The van der Waals surface area contributed by atoms with Crippen LogP contribution in [0.2, 0.25) is 0 Å². The highest BCUT2D eigenvalue weighted by Crippen LogP contribution is 2.54. The number of carboxylic acid groups (broad SMARTS) is 1. The summed E-state index contributed by atoms with van der Waals surface area (Å²) in [7, 11) is 1.59. The zero-order valence-electron chi connectivity index (χ0n) is 12.7. The summed E-state index contributed by atoms with van der Waals surface area (Å²) < 4.78 is 10.5. The molecule has 1 aliphatic heterocycles. The molecule has 0 radical (unpaired) electrons. The third-order valence-corrected chi connectivity index (χ3v) is 4.70. The van der Waals surface area contributed by atoms with E-state index in [4.69, 9.17) is 9.47 Å². The Hall–Kier alpha value is -2.30. The fourth-order valence-corrected chi connectivity index (χ4v) is 3.84. The van der Waals surface area contributed by atoms with Gasteiger partial charge in [0.1, 0.15) is 11.4 Å². The molecule has 5 heteroatoms. The van der Waals surface area contributed by atoms with E-state index >= 15 is 0 Å². The van der Waals surface area contributed by atoms with Crippen molar-refractivity contribution in [2.45, 2.75) is 25.4 Å². The van der Waals surface area contributed by atoms with Crippen molar-refractivity contribution in [1.82, 2.24) is 0 Å². The SMILES string of the molecule is COc1ccc([C@H]2C(C)=C[C@]3(C)OC(=O)[C@@H](C(=O)O)[C@H]23)cc1. The lowest BCUT2D eigenvalue weighted by Crippen LogP contribution is -2.34. The molecule has 0 aromatic heterocycles. The molecule has 1 saturated heterocycles. The van der Waals surface area contributed by atoms with Crippen LogP contribution in [0.4, 0.5) is 0 Å². The molecule has 1 fully saturated rings. The van der Waals surface area contributed by atoms with Gasteiger partial charge in [0.2, 0.25) is 0 Å². The molecular formula is C17H18O5. The lowest BCUT2D eigenvalue weighted by molar-refractivity contribution is -0.154. The van der Waals surface area contributed by atoms with Crippen molar-refractivity contribution in [2.24, 2.45) is 11.8 Å². The van der Waals surface area contributed by atoms with Gasteiger partial charge < -0.3 is 14.6 Å². The van der Waals surface area contributed by atoms with E-state index < -0.39 is 29.4 Å². The number of esters is 1. The molecular weight excluding hydrogens is 284 g/mol. The van der Waals surface area contributed by atoms with Crippen LogP contribution >= 0.6 is 0 Å². The third-order valence-electron chi connectivity index (χ3n) is 4.70. The number of hydrogen-bond donors (Lipinski definition) is 1. The fourth-order valence-electron chi connectivity index (χ4n) is 3.84. The zero-order chi connectivity index (χ0) is 16.1. The first-order valence-corrected chi connectivity index (χ1v) is 7.16. The van der Waals surface area contributed by atoms with Crippen molar-refractivity contribution in [3.8, 4) is 5.75 Å². The summed E-state index contributed by atoms with van der Waals surface area (Å²) in [5.74, 6) is -2.75. The molecule has 1 aromatic carbocycles. The minimum absolute atomic E-state index is 0.150. The molecule has 1 N–H and O–H groups in total. The first kappa shape index (κ1) is 14.6. The number of rotatable bonds is 3. The second-order valence-corrected chi connectivity index (χ2v) is 6.09. The van der Waals surface area contributed by atoms with E-state index in [9.17, 15) is 14.7 Å². The molecule has 1 aromatic rings. The number of benzene rings is 1. The van der Waals surface area contributed by atoms with Gasteiger partial charge in [0.25, 0.3) is 0 Å². The Balaban J connectivity index is 2.04. The number of methoxy groups -OCH3 is 1. The summed E-state index contributed by atoms with van der Waals surface area (Å²) in [5.41, 5.74) is 1.14. The lowest BCUT2D eigenvalue weighted by atomic mass is 9.74. The molecule has 116 valence electrons. The highest BCUT2D eigenvalue weighted by Gasteiger charge is 2.61. The molecule has 2 aliphatic rings. The standard InChI is InChI=1S/C17H18O5/c1-9-8-17(2)14(13(15(18)19)16(20)22-17)12(9)10-4-6-11(21-3)7-5-10/h4-8,12-14H,1-3H3,(H,18,19)/t12-,13-,14+,17+/m1/s1. The van der Waals surface area contributed by atoms with Gasteiger partial charge in [0.05, 0.1) is 7.11 Å². The van der Waals surface area contributed by atoms with Crippen LogP contribution < -0.4 is 4.74 Å².